The third kappa shape index (κ3) is 5.38. The van der Waals surface area contributed by atoms with Crippen LogP contribution in [0.4, 0.5) is 24.9 Å². The third-order valence-electron chi connectivity index (χ3n) is 7.38. The van der Waals surface area contributed by atoms with E-state index in [9.17, 15) is 23.1 Å². The number of carboxylic acids is 1. The average molecular weight is 528 g/mol. The lowest BCUT2D eigenvalue weighted by Gasteiger charge is -2.39. The highest BCUT2D eigenvalue weighted by Gasteiger charge is 2.45. The quantitative estimate of drug-likeness (QED) is 0.431. The van der Waals surface area contributed by atoms with Gasteiger partial charge >= 0.3 is 12.1 Å². The molecule has 0 amide bonds. The van der Waals surface area contributed by atoms with Crippen molar-refractivity contribution in [2.24, 2.45) is 5.41 Å². The minimum Gasteiger partial charge on any atom is -0.480 e. The normalized spacial score (nSPS) is 19.9. The molecule has 2 fully saturated rings. The number of hydrogen-bond donors (Lipinski definition) is 3. The number of carbonyl (C=O) groups is 1. The number of aromatic nitrogens is 2. The number of nitrogen functional groups attached to an aromatic ring is 1. The van der Waals surface area contributed by atoms with Crippen LogP contribution >= 0.6 is 0 Å². The maximum atomic E-state index is 14.3. The molecule has 1 spiro atoms. The van der Waals surface area contributed by atoms with Crippen molar-refractivity contribution in [3.8, 4) is 17.0 Å². The van der Waals surface area contributed by atoms with Crippen molar-refractivity contribution in [3.63, 3.8) is 0 Å². The lowest BCUT2D eigenvalue weighted by Crippen LogP contribution is -2.41. The van der Waals surface area contributed by atoms with E-state index in [0.717, 1.165) is 12.8 Å². The van der Waals surface area contributed by atoms with Gasteiger partial charge in [0.25, 0.3) is 0 Å². The Bertz CT molecular complexity index is 1300. The Morgan fingerprint density at radius 3 is 2.45 bits per heavy atom. The lowest BCUT2D eigenvalue weighted by molar-refractivity contribution is -0.198. The molecule has 2 aromatic carbocycles. The summed E-state index contributed by atoms with van der Waals surface area (Å²) in [7, 11) is 0. The zero-order chi connectivity index (χ0) is 26.9. The summed E-state index contributed by atoms with van der Waals surface area (Å²) >= 11 is 0. The number of nitrogens with one attached hydrogen (secondary N) is 1. The Morgan fingerprint density at radius 2 is 1.79 bits per heavy atom. The van der Waals surface area contributed by atoms with E-state index in [2.05, 4.69) is 15.3 Å². The Morgan fingerprint density at radius 1 is 1.11 bits per heavy atom. The third-order valence-corrected chi connectivity index (χ3v) is 7.38. The molecule has 0 aliphatic carbocycles. The minimum absolute atomic E-state index is 0.0356. The smallest absolute Gasteiger partial charge is 0.429 e. The summed E-state index contributed by atoms with van der Waals surface area (Å²) in [5.41, 5.74) is 6.77. The zero-order valence-electron chi connectivity index (χ0n) is 20.5. The van der Waals surface area contributed by atoms with Crippen LogP contribution in [0.25, 0.3) is 11.1 Å². The highest BCUT2D eigenvalue weighted by molar-refractivity contribution is 5.74. The van der Waals surface area contributed by atoms with Gasteiger partial charge in [-0.2, -0.15) is 23.1 Å². The molecule has 38 heavy (non-hydrogen) atoms. The van der Waals surface area contributed by atoms with E-state index in [1.54, 1.807) is 48.5 Å². The van der Waals surface area contributed by atoms with Gasteiger partial charge in [0.05, 0.1) is 0 Å². The molecule has 8 nitrogen and oxygen atoms in total. The first-order valence-corrected chi connectivity index (χ1v) is 12.4. The second kappa shape index (κ2) is 10.1. The van der Waals surface area contributed by atoms with E-state index in [0.29, 0.717) is 43.0 Å². The second-order valence-corrected chi connectivity index (χ2v) is 9.88. The van der Waals surface area contributed by atoms with Crippen LogP contribution in [-0.2, 0) is 4.79 Å². The molecule has 1 unspecified atom stereocenters. The number of aliphatic carboxylic acids is 1. The molecule has 2 aliphatic rings. The molecule has 1 aromatic heterocycles. The first-order valence-electron chi connectivity index (χ1n) is 12.4. The van der Waals surface area contributed by atoms with E-state index in [-0.39, 0.29) is 22.8 Å². The molecule has 0 bridgehead atoms. The molecule has 4 N–H and O–H groups in total. The van der Waals surface area contributed by atoms with Gasteiger partial charge in [-0.05, 0) is 35.8 Å². The maximum absolute atomic E-state index is 14.3. The van der Waals surface area contributed by atoms with Crippen LogP contribution in [0, 0.1) is 5.41 Å². The molecule has 0 radical (unpaired) electrons. The molecule has 11 heteroatoms. The molecule has 0 saturated carbocycles. The summed E-state index contributed by atoms with van der Waals surface area (Å²) in [6.07, 6.45) is -5.01. The van der Waals surface area contributed by atoms with Gasteiger partial charge in [0.15, 0.2) is 0 Å². The van der Waals surface area contributed by atoms with Gasteiger partial charge < -0.3 is 25.8 Å². The number of rotatable bonds is 6. The summed E-state index contributed by atoms with van der Waals surface area (Å²) in [4.78, 5) is 21.5. The predicted molar refractivity (Wildman–Crippen MR) is 136 cm³/mol. The van der Waals surface area contributed by atoms with Crippen LogP contribution in [-0.4, -0.2) is 52.9 Å². The van der Waals surface area contributed by atoms with E-state index in [1.165, 1.54) is 12.1 Å². The number of nitrogens with zero attached hydrogens (tertiary/aromatic N) is 3. The Labute approximate surface area is 217 Å². The highest BCUT2D eigenvalue weighted by Crippen LogP contribution is 2.43. The van der Waals surface area contributed by atoms with Crippen molar-refractivity contribution in [3.05, 3.63) is 66.2 Å². The van der Waals surface area contributed by atoms with Crippen molar-refractivity contribution in [1.82, 2.24) is 15.3 Å². The Balaban J connectivity index is 1.38. The Hall–Kier alpha value is -3.86. The maximum Gasteiger partial charge on any atom is 0.429 e. The van der Waals surface area contributed by atoms with Crippen LogP contribution in [0.15, 0.2) is 60.7 Å². The van der Waals surface area contributed by atoms with E-state index >= 15 is 0 Å². The summed E-state index contributed by atoms with van der Waals surface area (Å²) in [5.74, 6) is -0.946. The van der Waals surface area contributed by atoms with Crippen molar-refractivity contribution in [2.75, 3.05) is 30.3 Å². The number of hydrogen-bond acceptors (Lipinski definition) is 7. The first kappa shape index (κ1) is 25.8. The van der Waals surface area contributed by atoms with E-state index in [1.807, 2.05) is 4.90 Å². The number of benzene rings is 2. The molecule has 5 rings (SSSR count). The van der Waals surface area contributed by atoms with Crippen LogP contribution in [0.5, 0.6) is 5.88 Å². The second-order valence-electron chi connectivity index (χ2n) is 9.88. The largest absolute Gasteiger partial charge is 0.480 e. The monoisotopic (exact) mass is 527 g/mol. The van der Waals surface area contributed by atoms with Gasteiger partial charge in [-0.3, -0.25) is 4.79 Å². The number of alkyl halides is 3. The van der Waals surface area contributed by atoms with Crippen molar-refractivity contribution < 1.29 is 27.8 Å². The van der Waals surface area contributed by atoms with Crippen molar-refractivity contribution in [1.29, 1.82) is 0 Å². The standard InChI is InChI=1S/C27H28F3N5O3/c28-27(29,30)23(19-9-5-4-8-18(19)17-6-2-1-3-7-17)38-22-14-21(33-25(31)34-22)35-12-10-26(11-13-35)15-20(24(36)37)32-16-26/h1-9,14,20,23,32H,10-13,15-16H2,(H,36,37)(H2,31,33,34)/t20-,23?/m0/s1. The summed E-state index contributed by atoms with van der Waals surface area (Å²) in [5, 5.41) is 12.4. The number of halogens is 3. The molecule has 2 aliphatic heterocycles. The molecular weight excluding hydrogens is 499 g/mol. The summed E-state index contributed by atoms with van der Waals surface area (Å²) in [6.45, 7) is 1.74. The number of carboxylic acid groups (broad SMARTS) is 1. The average Bonchev–Trinajstić information content (AvgIpc) is 3.31. The molecule has 3 heterocycles. The minimum atomic E-state index is -4.72. The van der Waals surface area contributed by atoms with E-state index in [4.69, 9.17) is 10.5 Å². The van der Waals surface area contributed by atoms with Crippen molar-refractivity contribution >= 4 is 17.7 Å². The number of ether oxygens (including phenoxy) is 1. The van der Waals surface area contributed by atoms with Gasteiger partial charge in [-0.25, -0.2) is 0 Å². The SMILES string of the molecule is Nc1nc(OC(c2ccccc2-c2ccccc2)C(F)(F)F)cc(N2CCC3(CC2)CN[C@H](C(=O)O)C3)n1. The number of nitrogens with two attached hydrogens (primary N) is 1. The molecule has 3 aromatic rings. The van der Waals surface area contributed by atoms with Crippen LogP contribution < -0.4 is 20.7 Å². The molecular formula is C27H28F3N5O3. The van der Waals surface area contributed by atoms with Gasteiger partial charge in [-0.1, -0.05) is 54.6 Å². The fourth-order valence-corrected chi connectivity index (χ4v) is 5.37. The first-order chi connectivity index (χ1) is 18.1. The van der Waals surface area contributed by atoms with Crippen LogP contribution in [0.2, 0.25) is 0 Å². The lowest BCUT2D eigenvalue weighted by atomic mass is 9.76. The van der Waals surface area contributed by atoms with Crippen molar-refractivity contribution in [2.45, 2.75) is 37.6 Å². The van der Waals surface area contributed by atoms with Gasteiger partial charge in [0.2, 0.25) is 17.9 Å². The molecule has 2 atom stereocenters. The van der Waals surface area contributed by atoms with Crippen LogP contribution in [0.1, 0.15) is 30.9 Å². The highest BCUT2D eigenvalue weighted by atomic mass is 19.4. The van der Waals surface area contributed by atoms with Gasteiger partial charge in [0.1, 0.15) is 11.9 Å². The summed E-state index contributed by atoms with van der Waals surface area (Å²) in [6, 6.07) is 15.9. The molecule has 200 valence electrons. The number of piperidine rings is 1. The summed E-state index contributed by atoms with van der Waals surface area (Å²) < 4.78 is 48.5. The fraction of sp³-hybridized carbons (Fsp3) is 0.370. The fourth-order valence-electron chi connectivity index (χ4n) is 5.37. The predicted octanol–water partition coefficient (Wildman–Crippen LogP) is 4.44. The van der Waals surface area contributed by atoms with Crippen LogP contribution in [0.3, 0.4) is 0 Å². The van der Waals surface area contributed by atoms with Gasteiger partial charge in [0, 0.05) is 31.3 Å². The topological polar surface area (TPSA) is 114 Å². The molecule has 2 saturated heterocycles. The number of anilines is 2. The van der Waals surface area contributed by atoms with E-state index < -0.39 is 24.3 Å². The Kier molecular flexibility index (Phi) is 6.87. The zero-order valence-corrected chi connectivity index (χ0v) is 20.5. The van der Waals surface area contributed by atoms with Gasteiger partial charge in [-0.15, -0.1) is 0 Å².